The Kier molecular flexibility index (Phi) is 3.79. The third kappa shape index (κ3) is 3.18. The highest BCUT2D eigenvalue weighted by molar-refractivity contribution is 5.95. The molecule has 21 heavy (non-hydrogen) atoms. The normalized spacial score (nSPS) is 10.9. The summed E-state index contributed by atoms with van der Waals surface area (Å²) >= 11 is 0. The smallest absolute Gasteiger partial charge is 0.336 e. The van der Waals surface area contributed by atoms with Crippen LogP contribution in [-0.4, -0.2) is 5.97 Å². The van der Waals surface area contributed by atoms with Crippen LogP contribution in [0.1, 0.15) is 5.56 Å². The third-order valence-electron chi connectivity index (χ3n) is 3.18. The fourth-order valence-electron chi connectivity index (χ4n) is 2.19. The Hall–Kier alpha value is -2.87. The van der Waals surface area contributed by atoms with Crippen LogP contribution >= 0.6 is 0 Å². The van der Waals surface area contributed by atoms with Crippen molar-refractivity contribution in [3.8, 4) is 5.75 Å². The highest BCUT2D eigenvalue weighted by Crippen LogP contribution is 2.19. The molecule has 0 saturated carbocycles. The van der Waals surface area contributed by atoms with Crippen molar-refractivity contribution < 1.29 is 9.53 Å². The topological polar surface area (TPSA) is 26.3 Å². The summed E-state index contributed by atoms with van der Waals surface area (Å²) < 4.78 is 5.22. The van der Waals surface area contributed by atoms with Crippen molar-refractivity contribution in [3.05, 3.63) is 84.4 Å². The molecule has 102 valence electrons. The van der Waals surface area contributed by atoms with E-state index in [1.165, 1.54) is 6.08 Å². The highest BCUT2D eigenvalue weighted by Gasteiger charge is 2.01. The second kappa shape index (κ2) is 6.06. The van der Waals surface area contributed by atoms with Crippen LogP contribution < -0.4 is 4.74 Å². The molecule has 3 aromatic carbocycles. The lowest BCUT2D eigenvalue weighted by Gasteiger charge is -2.02. The Morgan fingerprint density at radius 2 is 1.52 bits per heavy atom. The fraction of sp³-hybridized carbons (Fsp3) is 0. The molecule has 0 atom stereocenters. The zero-order chi connectivity index (χ0) is 14.5. The van der Waals surface area contributed by atoms with Crippen LogP contribution in [0.4, 0.5) is 0 Å². The summed E-state index contributed by atoms with van der Waals surface area (Å²) in [5.41, 5.74) is 0.998. The van der Waals surface area contributed by atoms with E-state index >= 15 is 0 Å². The molecule has 2 nitrogen and oxygen atoms in total. The lowest BCUT2D eigenvalue weighted by atomic mass is 10.0. The first kappa shape index (κ1) is 13.1. The van der Waals surface area contributed by atoms with Gasteiger partial charge >= 0.3 is 5.97 Å². The van der Waals surface area contributed by atoms with Gasteiger partial charge in [-0.15, -0.1) is 0 Å². The zero-order valence-corrected chi connectivity index (χ0v) is 11.4. The first-order chi connectivity index (χ1) is 10.3. The van der Waals surface area contributed by atoms with Crippen molar-refractivity contribution >= 4 is 22.8 Å². The van der Waals surface area contributed by atoms with Gasteiger partial charge in [0, 0.05) is 6.08 Å². The number of hydrogen-bond acceptors (Lipinski definition) is 2. The Balaban J connectivity index is 1.80. The first-order valence-corrected chi connectivity index (χ1v) is 6.76. The number of para-hydroxylation sites is 1. The molecule has 0 aliphatic carbocycles. The first-order valence-electron chi connectivity index (χ1n) is 6.76. The summed E-state index contributed by atoms with van der Waals surface area (Å²) in [6.07, 6.45) is 3.24. The van der Waals surface area contributed by atoms with Crippen molar-refractivity contribution in [2.45, 2.75) is 0 Å². The van der Waals surface area contributed by atoms with Crippen molar-refractivity contribution in [3.63, 3.8) is 0 Å². The number of benzene rings is 3. The maximum Gasteiger partial charge on any atom is 0.336 e. The van der Waals surface area contributed by atoms with Gasteiger partial charge in [0.1, 0.15) is 5.75 Å². The monoisotopic (exact) mass is 274 g/mol. The minimum Gasteiger partial charge on any atom is -0.423 e. The maximum atomic E-state index is 11.8. The molecule has 0 spiro atoms. The van der Waals surface area contributed by atoms with Crippen LogP contribution in [0.25, 0.3) is 16.8 Å². The molecule has 0 unspecified atom stereocenters. The summed E-state index contributed by atoms with van der Waals surface area (Å²) in [4.78, 5) is 11.8. The SMILES string of the molecule is O=C(/C=C/c1cccc2ccccc12)Oc1ccccc1. The van der Waals surface area contributed by atoms with Gasteiger partial charge in [-0.2, -0.15) is 0 Å². The minimum atomic E-state index is -0.380. The summed E-state index contributed by atoms with van der Waals surface area (Å²) in [6.45, 7) is 0. The minimum absolute atomic E-state index is 0.380. The summed E-state index contributed by atoms with van der Waals surface area (Å²) in [6, 6.07) is 23.1. The molecule has 0 fully saturated rings. The van der Waals surface area contributed by atoms with Gasteiger partial charge in [-0.3, -0.25) is 0 Å². The molecule has 0 aliphatic rings. The molecule has 3 aromatic rings. The lowest BCUT2D eigenvalue weighted by molar-refractivity contribution is -0.128. The van der Waals surface area contributed by atoms with E-state index in [0.29, 0.717) is 5.75 Å². The average molecular weight is 274 g/mol. The molecule has 0 bridgehead atoms. The summed E-state index contributed by atoms with van der Waals surface area (Å²) in [7, 11) is 0. The maximum absolute atomic E-state index is 11.8. The van der Waals surface area contributed by atoms with E-state index in [0.717, 1.165) is 16.3 Å². The highest BCUT2D eigenvalue weighted by atomic mass is 16.5. The average Bonchev–Trinajstić information content (AvgIpc) is 2.54. The second-order valence-corrected chi connectivity index (χ2v) is 4.64. The lowest BCUT2D eigenvalue weighted by Crippen LogP contribution is -2.03. The molecule has 0 radical (unpaired) electrons. The van der Waals surface area contributed by atoms with Crippen molar-refractivity contribution in [2.24, 2.45) is 0 Å². The number of ether oxygens (including phenoxy) is 1. The Morgan fingerprint density at radius 3 is 2.38 bits per heavy atom. The van der Waals surface area contributed by atoms with Gasteiger partial charge < -0.3 is 4.74 Å². The number of hydrogen-bond donors (Lipinski definition) is 0. The molecule has 0 N–H and O–H groups in total. The van der Waals surface area contributed by atoms with Gasteiger partial charge in [-0.05, 0) is 34.5 Å². The molecule has 0 aromatic heterocycles. The molecular weight excluding hydrogens is 260 g/mol. The predicted octanol–water partition coefficient (Wildman–Crippen LogP) is 4.46. The summed E-state index contributed by atoms with van der Waals surface area (Å²) in [5, 5.41) is 2.26. The van der Waals surface area contributed by atoms with Crippen LogP contribution in [0.2, 0.25) is 0 Å². The predicted molar refractivity (Wildman–Crippen MR) is 85.1 cm³/mol. The molecule has 3 rings (SSSR count). The van der Waals surface area contributed by atoms with Crippen LogP contribution in [0.15, 0.2) is 78.9 Å². The molecule has 0 heterocycles. The standard InChI is InChI=1S/C19H14O2/c20-19(21-17-10-2-1-3-11-17)14-13-16-9-6-8-15-7-4-5-12-18(15)16/h1-14H/b14-13+. The van der Waals surface area contributed by atoms with Crippen molar-refractivity contribution in [2.75, 3.05) is 0 Å². The third-order valence-corrected chi connectivity index (χ3v) is 3.18. The van der Waals surface area contributed by atoms with Crippen LogP contribution in [-0.2, 0) is 4.79 Å². The van der Waals surface area contributed by atoms with E-state index in [-0.39, 0.29) is 5.97 Å². The molecule has 0 saturated heterocycles. The van der Waals surface area contributed by atoms with Gasteiger partial charge in [-0.1, -0.05) is 60.7 Å². The number of esters is 1. The zero-order valence-electron chi connectivity index (χ0n) is 11.4. The Labute approximate surface area is 123 Å². The van der Waals surface area contributed by atoms with E-state index in [4.69, 9.17) is 4.74 Å². The van der Waals surface area contributed by atoms with Gasteiger partial charge in [0.15, 0.2) is 0 Å². The molecular formula is C19H14O2. The number of fused-ring (bicyclic) bond motifs is 1. The quantitative estimate of drug-likeness (QED) is 0.400. The summed E-state index contributed by atoms with van der Waals surface area (Å²) in [5.74, 6) is 0.166. The van der Waals surface area contributed by atoms with E-state index in [1.807, 2.05) is 48.5 Å². The second-order valence-electron chi connectivity index (χ2n) is 4.64. The van der Waals surface area contributed by atoms with E-state index in [1.54, 1.807) is 18.2 Å². The Morgan fingerprint density at radius 1 is 0.810 bits per heavy atom. The molecule has 2 heteroatoms. The largest absolute Gasteiger partial charge is 0.423 e. The number of carbonyl (C=O) groups is 1. The Bertz CT molecular complexity index is 784. The van der Waals surface area contributed by atoms with Crippen LogP contribution in [0, 0.1) is 0 Å². The number of carbonyl (C=O) groups excluding carboxylic acids is 1. The fourth-order valence-corrected chi connectivity index (χ4v) is 2.19. The van der Waals surface area contributed by atoms with Gasteiger partial charge in [0.2, 0.25) is 0 Å². The van der Waals surface area contributed by atoms with E-state index in [9.17, 15) is 4.79 Å². The molecule has 0 amide bonds. The van der Waals surface area contributed by atoms with Crippen molar-refractivity contribution in [1.29, 1.82) is 0 Å². The molecule has 0 aliphatic heterocycles. The van der Waals surface area contributed by atoms with E-state index < -0.39 is 0 Å². The van der Waals surface area contributed by atoms with Crippen LogP contribution in [0.3, 0.4) is 0 Å². The van der Waals surface area contributed by atoms with Gasteiger partial charge in [0.05, 0.1) is 0 Å². The van der Waals surface area contributed by atoms with Crippen molar-refractivity contribution in [1.82, 2.24) is 0 Å². The van der Waals surface area contributed by atoms with E-state index in [2.05, 4.69) is 12.1 Å². The number of rotatable bonds is 3. The van der Waals surface area contributed by atoms with Crippen LogP contribution in [0.5, 0.6) is 5.75 Å². The van der Waals surface area contributed by atoms with Gasteiger partial charge in [-0.25, -0.2) is 4.79 Å². The van der Waals surface area contributed by atoms with Gasteiger partial charge in [0.25, 0.3) is 0 Å².